The van der Waals surface area contributed by atoms with Crippen molar-refractivity contribution >= 4 is 20.9 Å². The fourth-order valence-electron chi connectivity index (χ4n) is 3.45. The number of hydrogen-bond donors (Lipinski definition) is 1. The monoisotopic (exact) mass is 474 g/mol. The summed E-state index contributed by atoms with van der Waals surface area (Å²) < 4.78 is 54.4. The largest absolute Gasteiger partial charge is 0.478 e. The van der Waals surface area contributed by atoms with Crippen molar-refractivity contribution in [1.29, 1.82) is 0 Å². The zero-order valence-corrected chi connectivity index (χ0v) is 18.6. The highest BCUT2D eigenvalue weighted by Crippen LogP contribution is 2.39. The summed E-state index contributed by atoms with van der Waals surface area (Å²) in [4.78, 5) is 17.0. The maximum absolute atomic E-state index is 12.9. The van der Waals surface area contributed by atoms with Crippen molar-refractivity contribution in [3.63, 3.8) is 0 Å². The number of fused-ring (bicyclic) bond motifs is 1. The summed E-state index contributed by atoms with van der Waals surface area (Å²) in [6.45, 7) is 0.672. The Labute approximate surface area is 188 Å². The van der Waals surface area contributed by atoms with Crippen LogP contribution >= 0.6 is 0 Å². The first-order valence-electron chi connectivity index (χ1n) is 9.44. The maximum Gasteiger partial charge on any atom is 0.266 e. The Morgan fingerprint density at radius 3 is 2.27 bits per heavy atom. The van der Waals surface area contributed by atoms with E-state index in [4.69, 9.17) is 19.3 Å². The third kappa shape index (κ3) is 3.91. The Balaban J connectivity index is 2.14. The molecule has 4 rings (SSSR count). The van der Waals surface area contributed by atoms with Gasteiger partial charge < -0.3 is 14.2 Å². The van der Waals surface area contributed by atoms with E-state index in [9.17, 15) is 12.8 Å². The number of primary sulfonamides is 1. The van der Waals surface area contributed by atoms with Gasteiger partial charge in [0.15, 0.2) is 5.82 Å². The summed E-state index contributed by atoms with van der Waals surface area (Å²) >= 11 is 0. The molecule has 4 aromatic rings. The van der Waals surface area contributed by atoms with Crippen LogP contribution in [0.25, 0.3) is 28.2 Å². The number of methoxy groups -OCH3 is 2. The molecule has 0 atom stereocenters. The molecule has 2 N–H and O–H groups in total. The van der Waals surface area contributed by atoms with Gasteiger partial charge in [0.1, 0.15) is 4.90 Å². The lowest BCUT2D eigenvalue weighted by Crippen LogP contribution is -2.11. The summed E-state index contributed by atoms with van der Waals surface area (Å²) in [6.07, 6.45) is 4.43. The van der Waals surface area contributed by atoms with Gasteiger partial charge in [-0.2, -0.15) is 9.97 Å². The Morgan fingerprint density at radius 2 is 1.73 bits per heavy atom. The predicted molar refractivity (Wildman–Crippen MR) is 116 cm³/mol. The molecule has 11 nitrogen and oxygen atoms in total. The molecule has 0 aliphatic carbocycles. The quantitative estimate of drug-likeness (QED) is 0.426. The van der Waals surface area contributed by atoms with E-state index in [-0.39, 0.29) is 28.4 Å². The minimum Gasteiger partial charge on any atom is -0.478 e. The van der Waals surface area contributed by atoms with Crippen molar-refractivity contribution in [3.8, 4) is 34.8 Å². The van der Waals surface area contributed by atoms with Crippen LogP contribution in [0.1, 0.15) is 5.56 Å². The molecule has 0 fully saturated rings. The molecule has 13 heteroatoms. The molecular formula is C20H19FN6O5S. The summed E-state index contributed by atoms with van der Waals surface area (Å²) in [5, 5.41) is 5.81. The molecule has 0 spiro atoms. The second-order valence-electron chi connectivity index (χ2n) is 6.76. The molecule has 1 aromatic carbocycles. The predicted octanol–water partition coefficient (Wildman–Crippen LogP) is 2.16. The van der Waals surface area contributed by atoms with Gasteiger partial charge in [-0.1, -0.05) is 12.1 Å². The molecule has 0 aliphatic heterocycles. The molecule has 0 unspecified atom stereocenters. The summed E-state index contributed by atoms with van der Waals surface area (Å²) in [6, 6.07) is 5.03. The van der Waals surface area contributed by atoms with E-state index >= 15 is 0 Å². The van der Waals surface area contributed by atoms with Crippen molar-refractivity contribution in [3.05, 3.63) is 42.4 Å². The smallest absolute Gasteiger partial charge is 0.266 e. The van der Waals surface area contributed by atoms with E-state index in [1.54, 1.807) is 30.6 Å². The van der Waals surface area contributed by atoms with E-state index in [1.165, 1.54) is 25.0 Å². The lowest BCUT2D eigenvalue weighted by molar-refractivity contribution is 0.173. The lowest BCUT2D eigenvalue weighted by Gasteiger charge is -2.14. The van der Waals surface area contributed by atoms with Crippen LogP contribution in [-0.4, -0.2) is 54.0 Å². The number of nitrogens with two attached hydrogens (primary N) is 1. The highest BCUT2D eigenvalue weighted by molar-refractivity contribution is 7.89. The van der Waals surface area contributed by atoms with Crippen molar-refractivity contribution < 1.29 is 27.0 Å². The van der Waals surface area contributed by atoms with Gasteiger partial charge in [0.2, 0.25) is 28.6 Å². The Kier molecular flexibility index (Phi) is 5.82. The van der Waals surface area contributed by atoms with Crippen LogP contribution in [0, 0.1) is 6.92 Å². The molecule has 0 radical (unpaired) electrons. The number of nitrogens with zero attached hydrogens (tertiary/aromatic N) is 5. The standard InChI is InChI=1S/C20H19FN6O5S/c1-11-5-6-12-13(33(22,28)29)9-27(15(12)14(11)17-23-7-4-8-24-17)20-25-18(30-2)16(32-10-21)19(26-20)31-3/h4-9H,10H2,1-3H3,(H2,22,28,29). The molecule has 0 amide bonds. The summed E-state index contributed by atoms with van der Waals surface area (Å²) in [5.41, 5.74) is 1.72. The second kappa shape index (κ2) is 8.60. The van der Waals surface area contributed by atoms with Crippen molar-refractivity contribution in [2.45, 2.75) is 11.8 Å². The van der Waals surface area contributed by atoms with Gasteiger partial charge >= 0.3 is 0 Å². The Bertz CT molecular complexity index is 1420. The topological polar surface area (TPSA) is 144 Å². The number of aryl methyl sites for hydroxylation is 1. The van der Waals surface area contributed by atoms with E-state index in [0.29, 0.717) is 22.3 Å². The zero-order chi connectivity index (χ0) is 23.8. The van der Waals surface area contributed by atoms with E-state index in [2.05, 4.69) is 19.9 Å². The van der Waals surface area contributed by atoms with Gasteiger partial charge in [0, 0.05) is 29.5 Å². The van der Waals surface area contributed by atoms with Crippen LogP contribution in [0.15, 0.2) is 41.7 Å². The van der Waals surface area contributed by atoms with Crippen LogP contribution in [-0.2, 0) is 10.0 Å². The average molecular weight is 474 g/mol. The van der Waals surface area contributed by atoms with Gasteiger partial charge in [-0.15, -0.1) is 0 Å². The fourth-order valence-corrected chi connectivity index (χ4v) is 4.17. The Hall–Kier alpha value is -3.84. The van der Waals surface area contributed by atoms with Crippen LogP contribution in [0.4, 0.5) is 4.39 Å². The Morgan fingerprint density at radius 1 is 1.09 bits per heavy atom. The molecule has 33 heavy (non-hydrogen) atoms. The molecule has 3 aromatic heterocycles. The molecule has 0 bridgehead atoms. The highest BCUT2D eigenvalue weighted by Gasteiger charge is 2.26. The SMILES string of the molecule is COc1nc(-n2cc(S(N)(=O)=O)c3ccc(C)c(-c4ncccn4)c32)nc(OC)c1OCF. The minimum atomic E-state index is -4.13. The van der Waals surface area contributed by atoms with E-state index in [1.807, 2.05) is 6.92 Å². The molecule has 172 valence electrons. The molecule has 0 aliphatic rings. The second-order valence-corrected chi connectivity index (χ2v) is 8.29. The fraction of sp³-hybridized carbons (Fsp3) is 0.200. The number of alkyl halides is 1. The summed E-state index contributed by atoms with van der Waals surface area (Å²) in [7, 11) is -1.50. The van der Waals surface area contributed by atoms with Crippen molar-refractivity contribution in [2.24, 2.45) is 5.14 Å². The lowest BCUT2D eigenvalue weighted by atomic mass is 10.0. The van der Waals surface area contributed by atoms with Gasteiger partial charge in [-0.3, -0.25) is 4.57 Å². The number of rotatable bonds is 7. The van der Waals surface area contributed by atoms with Crippen molar-refractivity contribution in [1.82, 2.24) is 24.5 Å². The van der Waals surface area contributed by atoms with Crippen LogP contribution in [0.3, 0.4) is 0 Å². The minimum absolute atomic E-state index is 0.0300. The zero-order valence-electron chi connectivity index (χ0n) is 17.8. The number of hydrogen-bond acceptors (Lipinski definition) is 9. The van der Waals surface area contributed by atoms with Gasteiger partial charge in [-0.25, -0.2) is 27.9 Å². The third-order valence-corrected chi connectivity index (χ3v) is 5.77. The molecule has 3 heterocycles. The first-order chi connectivity index (χ1) is 15.8. The van der Waals surface area contributed by atoms with Gasteiger partial charge in [-0.05, 0) is 18.6 Å². The number of halogens is 1. The number of sulfonamides is 1. The number of aromatic nitrogens is 5. The number of ether oxygens (including phenoxy) is 3. The average Bonchev–Trinajstić information content (AvgIpc) is 3.20. The highest BCUT2D eigenvalue weighted by atomic mass is 32.2. The maximum atomic E-state index is 12.9. The molecule has 0 saturated heterocycles. The molecular weight excluding hydrogens is 455 g/mol. The van der Waals surface area contributed by atoms with Gasteiger partial charge in [0.05, 0.1) is 19.7 Å². The first kappa shape index (κ1) is 22.4. The normalized spacial score (nSPS) is 11.5. The molecule has 0 saturated carbocycles. The third-order valence-electron chi connectivity index (χ3n) is 4.83. The summed E-state index contributed by atoms with van der Waals surface area (Å²) in [5.74, 6) is -0.0376. The van der Waals surface area contributed by atoms with Crippen molar-refractivity contribution in [2.75, 3.05) is 21.1 Å². The van der Waals surface area contributed by atoms with Crippen LogP contribution in [0.5, 0.6) is 17.5 Å². The van der Waals surface area contributed by atoms with Crippen LogP contribution in [0.2, 0.25) is 0 Å². The van der Waals surface area contributed by atoms with Crippen LogP contribution < -0.4 is 19.3 Å². The first-order valence-corrected chi connectivity index (χ1v) is 11.0. The number of benzene rings is 1. The van der Waals surface area contributed by atoms with Gasteiger partial charge in [0.25, 0.3) is 11.8 Å². The van der Waals surface area contributed by atoms with E-state index < -0.39 is 16.9 Å². The van der Waals surface area contributed by atoms with E-state index in [0.717, 1.165) is 5.56 Å².